The highest BCUT2D eigenvalue weighted by Gasteiger charge is 2.37. The van der Waals surface area contributed by atoms with E-state index < -0.39 is 23.8 Å². The molecule has 0 bridgehead atoms. The summed E-state index contributed by atoms with van der Waals surface area (Å²) in [6.07, 6.45) is 0.0208. The largest absolute Gasteiger partial charge is 0.480 e. The van der Waals surface area contributed by atoms with Crippen LogP contribution in [0, 0.1) is 5.92 Å². The lowest BCUT2D eigenvalue weighted by molar-refractivity contribution is -0.147. The predicted octanol–water partition coefficient (Wildman–Crippen LogP) is -1.21. The summed E-state index contributed by atoms with van der Waals surface area (Å²) in [6.45, 7) is 1.52. The Balaban J connectivity index is 2.70. The quantitative estimate of drug-likeness (QED) is 0.597. The lowest BCUT2D eigenvalue weighted by Crippen LogP contribution is -2.40. The molecule has 2 atom stereocenters. The first-order chi connectivity index (χ1) is 6.43. The Hall–Kier alpha value is -1.59. The van der Waals surface area contributed by atoms with Gasteiger partial charge in [-0.05, 0) is 6.92 Å². The number of carboxylic acids is 1. The van der Waals surface area contributed by atoms with Crippen LogP contribution in [0.1, 0.15) is 13.3 Å². The zero-order valence-corrected chi connectivity index (χ0v) is 7.77. The minimum Gasteiger partial charge on any atom is -0.480 e. The van der Waals surface area contributed by atoms with Crippen molar-refractivity contribution >= 4 is 17.8 Å². The van der Waals surface area contributed by atoms with Crippen LogP contribution in [0.15, 0.2) is 0 Å². The van der Waals surface area contributed by atoms with Gasteiger partial charge >= 0.3 is 5.97 Å². The van der Waals surface area contributed by atoms with Crippen LogP contribution < -0.4 is 5.73 Å². The van der Waals surface area contributed by atoms with Crippen molar-refractivity contribution < 1.29 is 19.5 Å². The first kappa shape index (κ1) is 10.5. The van der Waals surface area contributed by atoms with E-state index >= 15 is 0 Å². The van der Waals surface area contributed by atoms with Gasteiger partial charge in [-0.3, -0.25) is 9.59 Å². The molecular weight excluding hydrogens is 188 g/mol. The normalized spacial score (nSPS) is 23.6. The third-order valence-corrected chi connectivity index (χ3v) is 2.39. The summed E-state index contributed by atoms with van der Waals surface area (Å²) in [7, 11) is 0. The summed E-state index contributed by atoms with van der Waals surface area (Å²) < 4.78 is 0. The Morgan fingerprint density at radius 2 is 2.21 bits per heavy atom. The fraction of sp³-hybridized carbons (Fsp3) is 0.625. The van der Waals surface area contributed by atoms with Gasteiger partial charge in [0, 0.05) is 13.0 Å². The second-order valence-electron chi connectivity index (χ2n) is 3.36. The van der Waals surface area contributed by atoms with Crippen LogP contribution in [0.25, 0.3) is 0 Å². The number of carbonyl (C=O) groups excluding carboxylic acids is 2. The maximum absolute atomic E-state index is 11.3. The molecule has 6 nitrogen and oxygen atoms in total. The Labute approximate surface area is 80.7 Å². The number of nitrogens with two attached hydrogens (primary N) is 1. The summed E-state index contributed by atoms with van der Waals surface area (Å²) in [5.41, 5.74) is 5.03. The predicted molar refractivity (Wildman–Crippen MR) is 46.1 cm³/mol. The Bertz CT molecular complexity index is 289. The van der Waals surface area contributed by atoms with Crippen molar-refractivity contribution in [3.63, 3.8) is 0 Å². The van der Waals surface area contributed by atoms with E-state index in [2.05, 4.69) is 0 Å². The highest BCUT2D eigenvalue weighted by molar-refractivity contribution is 5.91. The highest BCUT2D eigenvalue weighted by atomic mass is 16.4. The highest BCUT2D eigenvalue weighted by Crippen LogP contribution is 2.19. The molecule has 0 radical (unpaired) electrons. The van der Waals surface area contributed by atoms with Gasteiger partial charge < -0.3 is 15.7 Å². The van der Waals surface area contributed by atoms with Gasteiger partial charge in [0.25, 0.3) is 0 Å². The number of rotatable bonds is 3. The molecule has 1 saturated heterocycles. The summed E-state index contributed by atoms with van der Waals surface area (Å²) >= 11 is 0. The van der Waals surface area contributed by atoms with Crippen molar-refractivity contribution in [3.8, 4) is 0 Å². The number of carbonyl (C=O) groups is 3. The number of hydrogen-bond donors (Lipinski definition) is 2. The van der Waals surface area contributed by atoms with Crippen LogP contribution in [0.5, 0.6) is 0 Å². The summed E-state index contributed by atoms with van der Waals surface area (Å²) in [6, 6.07) is -0.896. The molecule has 1 aliphatic rings. The number of likely N-dealkylation sites (tertiary alicyclic amines) is 1. The fourth-order valence-electron chi connectivity index (χ4n) is 1.43. The van der Waals surface area contributed by atoms with Crippen molar-refractivity contribution in [3.05, 3.63) is 0 Å². The number of primary amides is 1. The Morgan fingerprint density at radius 1 is 1.64 bits per heavy atom. The molecule has 0 aromatic heterocycles. The van der Waals surface area contributed by atoms with Crippen LogP contribution in [0.2, 0.25) is 0 Å². The molecule has 0 aromatic rings. The van der Waals surface area contributed by atoms with Crippen molar-refractivity contribution in [2.75, 3.05) is 6.54 Å². The Kier molecular flexibility index (Phi) is 2.73. The molecule has 0 spiro atoms. The van der Waals surface area contributed by atoms with E-state index in [1.165, 1.54) is 6.92 Å². The zero-order chi connectivity index (χ0) is 10.9. The van der Waals surface area contributed by atoms with Crippen molar-refractivity contribution in [2.45, 2.75) is 19.4 Å². The van der Waals surface area contributed by atoms with Crippen molar-refractivity contribution in [1.82, 2.24) is 4.90 Å². The average molecular weight is 200 g/mol. The number of aliphatic carboxylic acids is 1. The number of carboxylic acid groups (broad SMARTS) is 1. The molecule has 0 aliphatic carbocycles. The third-order valence-electron chi connectivity index (χ3n) is 2.39. The number of amides is 2. The van der Waals surface area contributed by atoms with E-state index in [0.29, 0.717) is 0 Å². The lowest BCUT2D eigenvalue weighted by atomic mass is 10.1. The monoisotopic (exact) mass is 200 g/mol. The minimum atomic E-state index is -1.08. The van der Waals surface area contributed by atoms with Crippen LogP contribution in [-0.4, -0.2) is 40.4 Å². The lowest BCUT2D eigenvalue weighted by Gasteiger charge is -2.20. The fourth-order valence-corrected chi connectivity index (χ4v) is 1.43. The van der Waals surface area contributed by atoms with Gasteiger partial charge in [-0.25, -0.2) is 4.79 Å². The SMILES string of the molecule is C[C@@H](C(=O)O)N1CC(C(N)=O)CC1=O. The van der Waals surface area contributed by atoms with Crippen LogP contribution in [0.3, 0.4) is 0 Å². The van der Waals surface area contributed by atoms with Crippen molar-refractivity contribution in [2.24, 2.45) is 11.7 Å². The van der Waals surface area contributed by atoms with Gasteiger partial charge in [0.05, 0.1) is 5.92 Å². The van der Waals surface area contributed by atoms with Crippen LogP contribution in [0.4, 0.5) is 0 Å². The molecule has 78 valence electrons. The zero-order valence-electron chi connectivity index (χ0n) is 7.77. The van der Waals surface area contributed by atoms with E-state index in [4.69, 9.17) is 10.8 Å². The third kappa shape index (κ3) is 1.84. The van der Waals surface area contributed by atoms with Crippen LogP contribution >= 0.6 is 0 Å². The summed E-state index contributed by atoms with van der Waals surface area (Å²) in [4.78, 5) is 33.8. The van der Waals surface area contributed by atoms with E-state index in [-0.39, 0.29) is 18.9 Å². The topological polar surface area (TPSA) is 101 Å². The summed E-state index contributed by atoms with van der Waals surface area (Å²) in [5.74, 6) is -2.52. The number of hydrogen-bond acceptors (Lipinski definition) is 3. The summed E-state index contributed by atoms with van der Waals surface area (Å²) in [5, 5.41) is 8.67. The molecule has 1 heterocycles. The Morgan fingerprint density at radius 3 is 2.57 bits per heavy atom. The van der Waals surface area contributed by atoms with Gasteiger partial charge in [-0.2, -0.15) is 0 Å². The first-order valence-electron chi connectivity index (χ1n) is 4.25. The van der Waals surface area contributed by atoms with Gasteiger partial charge in [0.15, 0.2) is 0 Å². The molecular formula is C8H12N2O4. The van der Waals surface area contributed by atoms with E-state index in [9.17, 15) is 14.4 Å². The van der Waals surface area contributed by atoms with E-state index in [1.807, 2.05) is 0 Å². The minimum absolute atomic E-state index is 0.0208. The maximum atomic E-state index is 11.3. The molecule has 1 aliphatic heterocycles. The van der Waals surface area contributed by atoms with Gasteiger partial charge in [0.2, 0.25) is 11.8 Å². The molecule has 0 saturated carbocycles. The van der Waals surface area contributed by atoms with Gasteiger partial charge in [-0.1, -0.05) is 0 Å². The number of nitrogens with zero attached hydrogens (tertiary/aromatic N) is 1. The average Bonchev–Trinajstić information content (AvgIpc) is 2.46. The standard InChI is InChI=1S/C8H12N2O4/c1-4(8(13)14)10-3-5(7(9)12)2-6(10)11/h4-5H,2-3H2,1H3,(H2,9,12)(H,13,14)/t4-,5?/m0/s1. The molecule has 1 fully saturated rings. The molecule has 1 unspecified atom stereocenters. The molecule has 0 aromatic carbocycles. The molecule has 6 heteroatoms. The molecule has 2 amide bonds. The smallest absolute Gasteiger partial charge is 0.326 e. The first-order valence-corrected chi connectivity index (χ1v) is 4.25. The van der Waals surface area contributed by atoms with Gasteiger partial charge in [-0.15, -0.1) is 0 Å². The van der Waals surface area contributed by atoms with E-state index in [1.54, 1.807) is 0 Å². The molecule has 1 rings (SSSR count). The second kappa shape index (κ2) is 3.65. The van der Waals surface area contributed by atoms with Crippen molar-refractivity contribution in [1.29, 1.82) is 0 Å². The second-order valence-corrected chi connectivity index (χ2v) is 3.36. The molecule has 14 heavy (non-hydrogen) atoms. The molecule has 3 N–H and O–H groups in total. The maximum Gasteiger partial charge on any atom is 0.326 e. The van der Waals surface area contributed by atoms with E-state index in [0.717, 1.165) is 4.90 Å². The van der Waals surface area contributed by atoms with Gasteiger partial charge in [0.1, 0.15) is 6.04 Å². The van der Waals surface area contributed by atoms with Crippen LogP contribution in [-0.2, 0) is 14.4 Å².